The zero-order chi connectivity index (χ0) is 21.8. The van der Waals surface area contributed by atoms with Crippen LogP contribution < -0.4 is 4.74 Å². The van der Waals surface area contributed by atoms with Crippen LogP contribution in [0.2, 0.25) is 0 Å². The maximum absolute atomic E-state index is 12.5. The molecule has 2 aromatic carbocycles. The molecule has 0 amide bonds. The van der Waals surface area contributed by atoms with Gasteiger partial charge in [0, 0.05) is 29.7 Å². The van der Waals surface area contributed by atoms with Crippen LogP contribution in [0.1, 0.15) is 74.2 Å². The van der Waals surface area contributed by atoms with Crippen molar-refractivity contribution in [3.63, 3.8) is 0 Å². The first-order valence-electron chi connectivity index (χ1n) is 10.7. The van der Waals surface area contributed by atoms with Crippen LogP contribution >= 0.6 is 0 Å². The number of hydrogen-bond donors (Lipinski definition) is 1. The number of rotatable bonds is 14. The van der Waals surface area contributed by atoms with E-state index in [1.807, 2.05) is 0 Å². The Morgan fingerprint density at radius 3 is 2.23 bits per heavy atom. The van der Waals surface area contributed by atoms with Crippen molar-refractivity contribution < 1.29 is 19.6 Å². The van der Waals surface area contributed by atoms with E-state index in [4.69, 9.17) is 4.74 Å². The van der Waals surface area contributed by atoms with Gasteiger partial charge in [-0.25, -0.2) is 0 Å². The second-order valence-corrected chi connectivity index (χ2v) is 7.52. The van der Waals surface area contributed by atoms with Gasteiger partial charge in [-0.15, -0.1) is 0 Å². The minimum atomic E-state index is -0.550. The maximum Gasteiger partial charge on any atom is 0.269 e. The predicted molar refractivity (Wildman–Crippen MR) is 117 cm³/mol. The molecule has 0 aliphatic heterocycles. The second kappa shape index (κ2) is 12.6. The number of carbonyl (C=O) groups excluding carboxylic acids is 1. The van der Waals surface area contributed by atoms with E-state index in [1.165, 1.54) is 56.7 Å². The van der Waals surface area contributed by atoms with Crippen molar-refractivity contribution >= 4 is 11.5 Å². The molecule has 2 rings (SSSR count). The standard InChI is InChI=1S/C24H31NO5/c1-2-3-4-5-6-7-8-9-16-30-22-13-10-19(11-14-22)24(27)18-20-17-21(25(28)29)12-15-23(20)26/h10-15,17,26H,2-9,16,18H2,1H3. The highest BCUT2D eigenvalue weighted by Gasteiger charge is 2.14. The highest BCUT2D eigenvalue weighted by Crippen LogP contribution is 2.25. The van der Waals surface area contributed by atoms with Gasteiger partial charge in [-0.05, 0) is 36.8 Å². The Hall–Kier alpha value is -2.89. The number of non-ortho nitro benzene ring substituents is 1. The zero-order valence-corrected chi connectivity index (χ0v) is 17.6. The van der Waals surface area contributed by atoms with E-state index in [9.17, 15) is 20.0 Å². The quantitative estimate of drug-likeness (QED) is 0.171. The molecular weight excluding hydrogens is 382 g/mol. The molecule has 0 bridgehead atoms. The van der Waals surface area contributed by atoms with Crippen molar-refractivity contribution in [3.05, 3.63) is 63.7 Å². The van der Waals surface area contributed by atoms with Gasteiger partial charge < -0.3 is 9.84 Å². The number of ether oxygens (including phenoxy) is 1. The first-order chi connectivity index (χ1) is 14.5. The van der Waals surface area contributed by atoms with Crippen LogP contribution in [-0.4, -0.2) is 22.4 Å². The van der Waals surface area contributed by atoms with Crippen LogP contribution in [0.5, 0.6) is 11.5 Å². The van der Waals surface area contributed by atoms with Gasteiger partial charge in [0.05, 0.1) is 11.5 Å². The number of nitro groups is 1. The van der Waals surface area contributed by atoms with E-state index in [1.54, 1.807) is 24.3 Å². The molecule has 6 heteroatoms. The van der Waals surface area contributed by atoms with Gasteiger partial charge in [-0.2, -0.15) is 0 Å². The van der Waals surface area contributed by atoms with E-state index in [2.05, 4.69) is 6.92 Å². The lowest BCUT2D eigenvalue weighted by Crippen LogP contribution is -2.05. The molecule has 0 radical (unpaired) electrons. The molecule has 0 saturated carbocycles. The van der Waals surface area contributed by atoms with Crippen molar-refractivity contribution in [1.29, 1.82) is 0 Å². The topological polar surface area (TPSA) is 89.7 Å². The third-order valence-electron chi connectivity index (χ3n) is 5.07. The molecule has 30 heavy (non-hydrogen) atoms. The summed E-state index contributed by atoms with van der Waals surface area (Å²) in [6, 6.07) is 10.6. The summed E-state index contributed by atoms with van der Waals surface area (Å²) in [4.78, 5) is 22.8. The third-order valence-corrected chi connectivity index (χ3v) is 5.07. The highest BCUT2D eigenvalue weighted by molar-refractivity contribution is 5.98. The minimum Gasteiger partial charge on any atom is -0.508 e. The average Bonchev–Trinajstić information content (AvgIpc) is 2.74. The van der Waals surface area contributed by atoms with E-state index < -0.39 is 4.92 Å². The zero-order valence-electron chi connectivity index (χ0n) is 17.6. The molecule has 1 N–H and O–H groups in total. The molecule has 0 saturated heterocycles. The summed E-state index contributed by atoms with van der Waals surface area (Å²) >= 11 is 0. The summed E-state index contributed by atoms with van der Waals surface area (Å²) in [5, 5.41) is 20.8. The molecule has 0 heterocycles. The van der Waals surface area contributed by atoms with Crippen molar-refractivity contribution in [1.82, 2.24) is 0 Å². The van der Waals surface area contributed by atoms with Gasteiger partial charge in [0.1, 0.15) is 11.5 Å². The van der Waals surface area contributed by atoms with Gasteiger partial charge in [0.2, 0.25) is 0 Å². The number of ketones is 1. The summed E-state index contributed by atoms with van der Waals surface area (Å²) in [6.07, 6.45) is 9.85. The number of nitrogens with zero attached hydrogens (tertiary/aromatic N) is 1. The first-order valence-corrected chi connectivity index (χ1v) is 10.7. The number of hydrogen-bond acceptors (Lipinski definition) is 5. The number of benzene rings is 2. The van der Waals surface area contributed by atoms with Gasteiger partial charge >= 0.3 is 0 Å². The summed E-state index contributed by atoms with van der Waals surface area (Å²) < 4.78 is 5.74. The molecule has 0 fully saturated rings. The maximum atomic E-state index is 12.5. The molecule has 6 nitrogen and oxygen atoms in total. The van der Waals surface area contributed by atoms with Gasteiger partial charge in [-0.3, -0.25) is 14.9 Å². The van der Waals surface area contributed by atoms with Gasteiger partial charge in [-0.1, -0.05) is 51.9 Å². The van der Waals surface area contributed by atoms with Crippen molar-refractivity contribution in [2.45, 2.75) is 64.7 Å². The van der Waals surface area contributed by atoms with E-state index in [-0.39, 0.29) is 29.2 Å². The summed E-state index contributed by atoms with van der Waals surface area (Å²) in [6.45, 7) is 2.88. The summed E-state index contributed by atoms with van der Waals surface area (Å²) in [5.41, 5.74) is 0.560. The largest absolute Gasteiger partial charge is 0.508 e. The number of Topliss-reactive ketones (excluding diaryl/α,β-unsaturated/α-hetero) is 1. The fraction of sp³-hybridized carbons (Fsp3) is 0.458. The number of unbranched alkanes of at least 4 members (excludes halogenated alkanes) is 7. The van der Waals surface area contributed by atoms with Crippen LogP contribution in [0.25, 0.3) is 0 Å². The van der Waals surface area contributed by atoms with E-state index in [0.29, 0.717) is 17.9 Å². The number of carbonyl (C=O) groups is 1. The molecule has 0 atom stereocenters. The molecule has 162 valence electrons. The Labute approximate surface area is 178 Å². The van der Waals surface area contributed by atoms with Gasteiger partial charge in [0.25, 0.3) is 5.69 Å². The first kappa shape index (κ1) is 23.4. The molecular formula is C24H31NO5. The Morgan fingerprint density at radius 2 is 1.60 bits per heavy atom. The smallest absolute Gasteiger partial charge is 0.269 e. The van der Waals surface area contributed by atoms with Crippen LogP contribution in [0.3, 0.4) is 0 Å². The lowest BCUT2D eigenvalue weighted by molar-refractivity contribution is -0.384. The Bertz CT molecular complexity index is 817. The van der Waals surface area contributed by atoms with Crippen LogP contribution in [0.4, 0.5) is 5.69 Å². The van der Waals surface area contributed by atoms with Crippen molar-refractivity contribution in [2.75, 3.05) is 6.61 Å². The second-order valence-electron chi connectivity index (χ2n) is 7.52. The lowest BCUT2D eigenvalue weighted by Gasteiger charge is -2.08. The summed E-state index contributed by atoms with van der Waals surface area (Å²) in [7, 11) is 0. The lowest BCUT2D eigenvalue weighted by atomic mass is 10.0. The molecule has 0 aliphatic carbocycles. The number of phenolic OH excluding ortho intramolecular Hbond substituents is 1. The predicted octanol–water partition coefficient (Wildman–Crippen LogP) is 6.25. The van der Waals surface area contributed by atoms with Crippen LogP contribution in [0.15, 0.2) is 42.5 Å². The van der Waals surface area contributed by atoms with Crippen molar-refractivity contribution in [3.8, 4) is 11.5 Å². The molecule has 0 aromatic heterocycles. The summed E-state index contributed by atoms with van der Waals surface area (Å²) in [5.74, 6) is 0.368. The third kappa shape index (κ3) is 7.85. The number of phenols is 1. The normalized spacial score (nSPS) is 10.7. The average molecular weight is 414 g/mol. The van der Waals surface area contributed by atoms with E-state index in [0.717, 1.165) is 12.8 Å². The van der Waals surface area contributed by atoms with Crippen LogP contribution in [-0.2, 0) is 6.42 Å². The van der Waals surface area contributed by atoms with Crippen LogP contribution in [0, 0.1) is 10.1 Å². The molecule has 0 aliphatic rings. The number of aromatic hydroxyl groups is 1. The minimum absolute atomic E-state index is 0.105. The Morgan fingerprint density at radius 1 is 0.967 bits per heavy atom. The highest BCUT2D eigenvalue weighted by atomic mass is 16.6. The monoisotopic (exact) mass is 413 g/mol. The Balaban J connectivity index is 1.75. The van der Waals surface area contributed by atoms with E-state index >= 15 is 0 Å². The van der Waals surface area contributed by atoms with Crippen molar-refractivity contribution in [2.24, 2.45) is 0 Å². The number of nitro benzene ring substituents is 1. The SMILES string of the molecule is CCCCCCCCCCOc1ccc(C(=O)Cc2cc([N+](=O)[O-])ccc2O)cc1. The molecule has 0 spiro atoms. The Kier molecular flexibility index (Phi) is 9.84. The fourth-order valence-corrected chi connectivity index (χ4v) is 3.27. The molecule has 2 aromatic rings. The molecule has 0 unspecified atom stereocenters. The van der Waals surface area contributed by atoms with Gasteiger partial charge in [0.15, 0.2) is 5.78 Å². The fourth-order valence-electron chi connectivity index (χ4n) is 3.27.